The molecule has 3 rings (SSSR count). The van der Waals surface area contributed by atoms with Crippen molar-refractivity contribution >= 4 is 12.2 Å². The fourth-order valence-corrected chi connectivity index (χ4v) is 3.47. The van der Waals surface area contributed by atoms with E-state index in [0.717, 1.165) is 29.5 Å². The molecular formula is C28H29F. The average Bonchev–Trinajstić information content (AvgIpc) is 2.75. The molecule has 0 aliphatic rings. The summed E-state index contributed by atoms with van der Waals surface area (Å²) in [5.74, 6) is 0.160. The summed E-state index contributed by atoms with van der Waals surface area (Å²) in [5.41, 5.74) is 5.36. The van der Waals surface area contributed by atoms with E-state index < -0.39 is 0 Å². The minimum atomic E-state index is -0.130. The second-order valence-corrected chi connectivity index (χ2v) is 7.55. The Morgan fingerprint density at radius 2 is 1.55 bits per heavy atom. The molecular weight excluding hydrogens is 355 g/mol. The molecule has 1 heteroatoms. The van der Waals surface area contributed by atoms with Gasteiger partial charge in [-0.2, -0.15) is 0 Å². The molecule has 148 valence electrons. The van der Waals surface area contributed by atoms with E-state index >= 15 is 0 Å². The van der Waals surface area contributed by atoms with Crippen LogP contribution in [0.4, 0.5) is 4.39 Å². The average molecular weight is 385 g/mol. The molecule has 0 heterocycles. The third-order valence-corrected chi connectivity index (χ3v) is 5.26. The zero-order valence-electron chi connectivity index (χ0n) is 17.3. The highest BCUT2D eigenvalue weighted by Crippen LogP contribution is 2.23. The smallest absolute Gasteiger partial charge is 0.127 e. The molecule has 0 saturated heterocycles. The number of hydrogen-bond acceptors (Lipinski definition) is 0. The van der Waals surface area contributed by atoms with Crippen LogP contribution in [0.2, 0.25) is 0 Å². The van der Waals surface area contributed by atoms with Gasteiger partial charge in [-0.1, -0.05) is 98.0 Å². The molecule has 0 aromatic heterocycles. The topological polar surface area (TPSA) is 0 Å². The molecule has 0 aliphatic carbocycles. The van der Waals surface area contributed by atoms with Crippen molar-refractivity contribution in [1.29, 1.82) is 0 Å². The fraction of sp³-hybridized carbons (Fsp3) is 0.214. The van der Waals surface area contributed by atoms with Crippen molar-refractivity contribution in [3.8, 4) is 0 Å². The Labute approximate surface area is 174 Å². The van der Waals surface area contributed by atoms with Crippen molar-refractivity contribution in [3.05, 3.63) is 119 Å². The van der Waals surface area contributed by atoms with E-state index in [0.29, 0.717) is 12.3 Å². The lowest BCUT2D eigenvalue weighted by atomic mass is 9.93. The lowest BCUT2D eigenvalue weighted by Gasteiger charge is -2.13. The molecule has 1 atom stereocenters. The standard InChI is InChI=1S/C28H29F/c1-3-4-6-9-23-12-14-24(15-13-23)16-17-25-18-19-27(28(29)21-25)20-22(2)26-10-7-5-8-11-26/h3-5,7-8,10-19,21-22H,6,9,20H2,1-2H3/b4-3+,17-16?/t22-/m1/s1. The van der Waals surface area contributed by atoms with Gasteiger partial charge in [-0.25, -0.2) is 4.39 Å². The molecule has 0 bridgehead atoms. The predicted octanol–water partition coefficient (Wildman–Crippen LogP) is 7.85. The van der Waals surface area contributed by atoms with Crippen molar-refractivity contribution < 1.29 is 4.39 Å². The molecule has 0 radical (unpaired) electrons. The summed E-state index contributed by atoms with van der Waals surface area (Å²) in [6, 6.07) is 24.4. The van der Waals surface area contributed by atoms with Gasteiger partial charge in [0, 0.05) is 0 Å². The summed E-state index contributed by atoms with van der Waals surface area (Å²) >= 11 is 0. The maximum Gasteiger partial charge on any atom is 0.127 e. The third kappa shape index (κ3) is 6.29. The highest BCUT2D eigenvalue weighted by Gasteiger charge is 2.10. The van der Waals surface area contributed by atoms with Gasteiger partial charge in [-0.15, -0.1) is 0 Å². The molecule has 29 heavy (non-hydrogen) atoms. The van der Waals surface area contributed by atoms with Gasteiger partial charge < -0.3 is 0 Å². The second-order valence-electron chi connectivity index (χ2n) is 7.55. The molecule has 0 aliphatic heterocycles. The fourth-order valence-electron chi connectivity index (χ4n) is 3.47. The molecule has 0 N–H and O–H groups in total. The maximum absolute atomic E-state index is 14.6. The minimum absolute atomic E-state index is 0.130. The molecule has 3 aromatic rings. The Hall–Kier alpha value is -2.93. The van der Waals surface area contributed by atoms with Gasteiger partial charge in [0.15, 0.2) is 0 Å². The van der Waals surface area contributed by atoms with Gasteiger partial charge in [0.25, 0.3) is 0 Å². The molecule has 0 fully saturated rings. The first-order valence-electron chi connectivity index (χ1n) is 10.4. The van der Waals surface area contributed by atoms with E-state index in [1.54, 1.807) is 6.07 Å². The summed E-state index contributed by atoms with van der Waals surface area (Å²) in [7, 11) is 0. The van der Waals surface area contributed by atoms with Crippen LogP contribution in [0, 0.1) is 5.82 Å². The third-order valence-electron chi connectivity index (χ3n) is 5.26. The van der Waals surface area contributed by atoms with E-state index in [1.807, 2.05) is 49.4 Å². The Morgan fingerprint density at radius 1 is 0.862 bits per heavy atom. The molecule has 0 nitrogen and oxygen atoms in total. The molecule has 3 aromatic carbocycles. The van der Waals surface area contributed by atoms with E-state index in [9.17, 15) is 4.39 Å². The number of hydrogen-bond donors (Lipinski definition) is 0. The number of aryl methyl sites for hydroxylation is 1. The van der Waals surface area contributed by atoms with Gasteiger partial charge >= 0.3 is 0 Å². The van der Waals surface area contributed by atoms with Crippen molar-refractivity contribution in [2.75, 3.05) is 0 Å². The van der Waals surface area contributed by atoms with Gasteiger partial charge in [0.2, 0.25) is 0 Å². The molecule has 0 unspecified atom stereocenters. The lowest BCUT2D eigenvalue weighted by Crippen LogP contribution is -2.00. The number of benzene rings is 3. The van der Waals surface area contributed by atoms with Gasteiger partial charge in [0.05, 0.1) is 0 Å². The highest BCUT2D eigenvalue weighted by molar-refractivity contribution is 5.69. The minimum Gasteiger partial charge on any atom is -0.207 e. The van der Waals surface area contributed by atoms with Gasteiger partial charge in [-0.3, -0.25) is 0 Å². The normalized spacial score (nSPS) is 12.7. The lowest BCUT2D eigenvalue weighted by molar-refractivity contribution is 0.597. The Bertz CT molecular complexity index is 949. The van der Waals surface area contributed by atoms with E-state index in [2.05, 4.69) is 55.5 Å². The van der Waals surface area contributed by atoms with Crippen LogP contribution < -0.4 is 0 Å². The number of halogens is 1. The monoisotopic (exact) mass is 384 g/mol. The second kappa shape index (κ2) is 10.6. The molecule has 0 spiro atoms. The first-order valence-corrected chi connectivity index (χ1v) is 10.4. The first kappa shape index (κ1) is 20.8. The maximum atomic E-state index is 14.6. The van der Waals surface area contributed by atoms with Crippen LogP contribution in [0.25, 0.3) is 12.2 Å². The van der Waals surface area contributed by atoms with E-state index in [1.165, 1.54) is 11.1 Å². The quantitative estimate of drug-likeness (QED) is 0.274. The van der Waals surface area contributed by atoms with Crippen LogP contribution in [0.1, 0.15) is 54.0 Å². The van der Waals surface area contributed by atoms with Crippen molar-refractivity contribution in [2.24, 2.45) is 0 Å². The van der Waals surface area contributed by atoms with Crippen LogP contribution in [0.15, 0.2) is 84.9 Å². The zero-order valence-corrected chi connectivity index (χ0v) is 17.3. The largest absolute Gasteiger partial charge is 0.207 e. The first-order chi connectivity index (χ1) is 14.2. The summed E-state index contributed by atoms with van der Waals surface area (Å²) in [6.45, 7) is 4.19. The van der Waals surface area contributed by atoms with Crippen molar-refractivity contribution in [2.45, 2.75) is 39.0 Å². The Kier molecular flexibility index (Phi) is 7.58. The number of rotatable bonds is 8. The van der Waals surface area contributed by atoms with Crippen LogP contribution in [0.5, 0.6) is 0 Å². The SMILES string of the molecule is C/C=C/CCc1ccc(C=Cc2ccc(C[C@@H](C)c3ccccc3)c(F)c2)cc1. The Morgan fingerprint density at radius 3 is 2.24 bits per heavy atom. The van der Waals surface area contributed by atoms with Crippen LogP contribution in [-0.4, -0.2) is 0 Å². The van der Waals surface area contributed by atoms with Gasteiger partial charge in [0.1, 0.15) is 5.82 Å². The number of allylic oxidation sites excluding steroid dienone is 2. The molecule has 0 amide bonds. The van der Waals surface area contributed by atoms with Crippen molar-refractivity contribution in [1.82, 2.24) is 0 Å². The van der Waals surface area contributed by atoms with Crippen LogP contribution in [-0.2, 0) is 12.8 Å². The summed E-state index contributed by atoms with van der Waals surface area (Å²) in [4.78, 5) is 0. The van der Waals surface area contributed by atoms with E-state index in [4.69, 9.17) is 0 Å². The summed E-state index contributed by atoms with van der Waals surface area (Å²) in [5, 5.41) is 0. The van der Waals surface area contributed by atoms with E-state index in [-0.39, 0.29) is 5.82 Å². The predicted molar refractivity (Wildman–Crippen MR) is 123 cm³/mol. The van der Waals surface area contributed by atoms with Gasteiger partial charge in [-0.05, 0) is 66.0 Å². The van der Waals surface area contributed by atoms with Crippen LogP contribution in [0.3, 0.4) is 0 Å². The molecule has 0 saturated carbocycles. The Balaban J connectivity index is 1.62. The van der Waals surface area contributed by atoms with Crippen LogP contribution >= 0.6 is 0 Å². The summed E-state index contributed by atoms with van der Waals surface area (Å²) < 4.78 is 14.6. The summed E-state index contributed by atoms with van der Waals surface area (Å²) in [6.07, 6.45) is 11.1. The van der Waals surface area contributed by atoms with Crippen molar-refractivity contribution in [3.63, 3.8) is 0 Å². The zero-order chi connectivity index (χ0) is 20.5. The highest BCUT2D eigenvalue weighted by atomic mass is 19.1.